The topological polar surface area (TPSA) is 276 Å². The fraction of sp³-hybridized carbons (Fsp3) is 0.111. The van der Waals surface area contributed by atoms with Crippen molar-refractivity contribution in [2.75, 3.05) is 23.5 Å². The zero-order valence-electron chi connectivity index (χ0n) is 31.0. The van der Waals surface area contributed by atoms with Crippen LogP contribution in [0.4, 0.5) is 51.2 Å². The van der Waals surface area contributed by atoms with E-state index >= 15 is 0 Å². The summed E-state index contributed by atoms with van der Waals surface area (Å²) in [7, 11) is -7.91. The molecule has 0 bridgehead atoms. The first-order valence-corrected chi connectivity index (χ1v) is 19.0. The molecular weight excluding hydrogens is 790 g/mol. The van der Waals surface area contributed by atoms with E-state index in [-0.39, 0.29) is 63.1 Å². The van der Waals surface area contributed by atoms with Gasteiger partial charge in [0, 0.05) is 24.2 Å². The summed E-state index contributed by atoms with van der Waals surface area (Å²) in [6, 6.07) is 21.3. The number of hydrogen-bond acceptors (Lipinski definition) is 14. The Morgan fingerprint density at radius 2 is 1.21 bits per heavy atom. The number of carbonyl (C=O) groups is 2. The van der Waals surface area contributed by atoms with Gasteiger partial charge in [0.25, 0.3) is 26.1 Å². The number of nitrogens with one attached hydrogen (secondary N) is 2. The summed E-state index contributed by atoms with van der Waals surface area (Å²) in [5, 5.41) is 30.1. The fourth-order valence-electron chi connectivity index (χ4n) is 4.93. The van der Waals surface area contributed by atoms with Gasteiger partial charge in [0.05, 0.1) is 46.1 Å². The van der Waals surface area contributed by atoms with E-state index in [9.17, 15) is 35.5 Å². The van der Waals surface area contributed by atoms with Crippen LogP contribution in [0.1, 0.15) is 28.4 Å². The number of anilines is 3. The molecule has 0 aromatic heterocycles. The molecule has 288 valence electrons. The monoisotopic (exact) mass is 822 g/mol. The first-order chi connectivity index (χ1) is 26.4. The predicted octanol–water partition coefficient (Wildman–Crippen LogP) is 5.85. The third-order valence-electron chi connectivity index (χ3n) is 7.73. The number of nitrogen functional groups attached to an aromatic ring is 1. The number of nitrogens with zero attached hydrogens (tertiary/aromatic N) is 6. The van der Waals surface area contributed by atoms with Crippen LogP contribution in [0.5, 0.6) is 5.75 Å². The van der Waals surface area contributed by atoms with E-state index in [1.807, 2.05) is 0 Å². The van der Waals surface area contributed by atoms with Gasteiger partial charge in [-0.3, -0.25) is 18.7 Å². The van der Waals surface area contributed by atoms with Crippen LogP contribution in [-0.4, -0.2) is 44.9 Å². The van der Waals surface area contributed by atoms with E-state index < -0.39 is 31.0 Å². The number of benzene rings is 5. The fourth-order valence-corrected chi connectivity index (χ4v) is 6.03. The second-order valence-electron chi connectivity index (χ2n) is 11.9. The van der Waals surface area contributed by atoms with E-state index in [0.29, 0.717) is 50.9 Å². The smallest absolute Gasteiger partial charge is 0.494 e. The average Bonchev–Trinajstić information content (AvgIpc) is 3.13. The Balaban J connectivity index is 0.00000720. The first-order valence-electron chi connectivity index (χ1n) is 16.1. The van der Waals surface area contributed by atoms with Gasteiger partial charge < -0.3 is 21.1 Å². The summed E-state index contributed by atoms with van der Waals surface area (Å²) in [6.07, 6.45) is 0. The number of methoxy groups -OCH3 is 1. The van der Waals surface area contributed by atoms with Crippen molar-refractivity contribution < 1.29 is 69.8 Å². The third-order valence-corrected chi connectivity index (χ3v) is 9.48. The molecule has 0 spiro atoms. The van der Waals surface area contributed by atoms with Crippen LogP contribution in [0.25, 0.3) is 0 Å². The first kappa shape index (κ1) is 44.0. The molecule has 0 fully saturated rings. The maximum absolute atomic E-state index is 12.8. The molecule has 0 unspecified atom stereocenters. The van der Waals surface area contributed by atoms with Crippen molar-refractivity contribution in [3.63, 3.8) is 0 Å². The van der Waals surface area contributed by atoms with Gasteiger partial charge in [0.1, 0.15) is 22.0 Å². The minimum atomic E-state index is -4.92. The molecule has 5 aromatic carbocycles. The van der Waals surface area contributed by atoms with Gasteiger partial charge in [-0.2, -0.15) is 37.3 Å². The molecule has 0 saturated carbocycles. The molecule has 0 atom stereocenters. The quantitative estimate of drug-likeness (QED) is 0.0433. The van der Waals surface area contributed by atoms with Crippen molar-refractivity contribution in [2.24, 2.45) is 30.7 Å². The normalized spacial score (nSPS) is 11.8. The number of hydrogen-bond donors (Lipinski definition) is 5. The van der Waals surface area contributed by atoms with Gasteiger partial charge in [-0.1, -0.05) is 0 Å². The number of amides is 2. The van der Waals surface area contributed by atoms with E-state index in [1.54, 1.807) is 68.4 Å². The molecule has 18 nitrogen and oxygen atoms in total. The van der Waals surface area contributed by atoms with Crippen molar-refractivity contribution in [2.45, 2.75) is 30.6 Å². The minimum absolute atomic E-state index is 0. The van der Waals surface area contributed by atoms with E-state index in [0.717, 1.165) is 24.3 Å². The third kappa shape index (κ3) is 11.6. The van der Waals surface area contributed by atoms with Gasteiger partial charge in [0.15, 0.2) is 0 Å². The molecule has 0 aliphatic rings. The van der Waals surface area contributed by atoms with Gasteiger partial charge in [-0.25, -0.2) is 0 Å². The molecule has 0 radical (unpaired) electrons. The maximum Gasteiger partial charge on any atom is 1.00 e. The molecular formula is C36H33N9NaO9S2+. The predicted molar refractivity (Wildman–Crippen MR) is 207 cm³/mol. The van der Waals surface area contributed by atoms with Crippen LogP contribution in [0.15, 0.2) is 131 Å². The van der Waals surface area contributed by atoms with Crippen LogP contribution >= 0.6 is 0 Å². The Labute approximate surface area is 349 Å². The summed E-state index contributed by atoms with van der Waals surface area (Å²) >= 11 is 0. The number of rotatable bonds is 12. The number of aryl methyl sites for hydroxylation is 2. The SMILES string of the molecule is COc1cc(N=Nc2ccc(N=Nc3cc(NC(C)=O)c(N=Nc4ccc(S(=O)(=O)O)cc4)cc3S(=O)(=O)O)c(C)c2)c(C)cc1NC(=O)c1ccc(N)cc1.[Na+]. The van der Waals surface area contributed by atoms with E-state index in [4.69, 9.17) is 10.5 Å². The summed E-state index contributed by atoms with van der Waals surface area (Å²) in [5.41, 5.74) is 9.13. The zero-order valence-corrected chi connectivity index (χ0v) is 34.6. The Hall–Kier alpha value is -5.74. The molecule has 6 N–H and O–H groups in total. The van der Waals surface area contributed by atoms with Gasteiger partial charge in [-0.15, -0.1) is 10.2 Å². The summed E-state index contributed by atoms with van der Waals surface area (Å²) in [5.74, 6) is -0.541. The Kier molecular flexibility index (Phi) is 14.3. The van der Waals surface area contributed by atoms with Gasteiger partial charge in [-0.05, 0) is 110 Å². The molecule has 0 aliphatic heterocycles. The molecule has 0 saturated heterocycles. The van der Waals surface area contributed by atoms with Crippen molar-refractivity contribution in [3.8, 4) is 5.75 Å². The molecule has 0 aliphatic carbocycles. The standard InChI is InChI=1S/C36H33N9O9S2.Na/c1-20-15-26(41-43-29-18-34(54-4)32(16-21(29)2)39-36(47)23-5-7-24(37)8-6-23)11-14-28(20)42-45-33-17-30(38-22(3)46)31(19-35(33)56(51,52)53)44-40-25-9-12-27(13-10-25)55(48,49)50;/h5-19H,37H2,1-4H3,(H,38,46)(H,39,47)(H,48,49,50)(H,51,52,53);/q;+1. The Morgan fingerprint density at radius 3 is 1.81 bits per heavy atom. The molecule has 0 heterocycles. The van der Waals surface area contributed by atoms with Crippen LogP contribution < -0.4 is 50.7 Å². The number of nitrogens with two attached hydrogens (primary N) is 1. The van der Waals surface area contributed by atoms with E-state index in [1.165, 1.54) is 26.2 Å². The molecule has 57 heavy (non-hydrogen) atoms. The van der Waals surface area contributed by atoms with Crippen molar-refractivity contribution >= 4 is 83.2 Å². The van der Waals surface area contributed by atoms with Crippen LogP contribution in [0, 0.1) is 13.8 Å². The summed E-state index contributed by atoms with van der Waals surface area (Å²) in [6.45, 7) is 4.70. The van der Waals surface area contributed by atoms with E-state index in [2.05, 4.69) is 41.3 Å². The Morgan fingerprint density at radius 1 is 0.632 bits per heavy atom. The number of azo groups is 3. The van der Waals surface area contributed by atoms with Gasteiger partial charge in [0.2, 0.25) is 5.91 Å². The number of ether oxygens (including phenoxy) is 1. The second-order valence-corrected chi connectivity index (χ2v) is 14.8. The van der Waals surface area contributed by atoms with Gasteiger partial charge >= 0.3 is 29.6 Å². The molecule has 5 aromatic rings. The van der Waals surface area contributed by atoms with Crippen molar-refractivity contribution in [1.29, 1.82) is 0 Å². The van der Waals surface area contributed by atoms with Crippen molar-refractivity contribution in [3.05, 3.63) is 108 Å². The van der Waals surface area contributed by atoms with Crippen molar-refractivity contribution in [1.82, 2.24) is 0 Å². The molecule has 5 rings (SSSR count). The average molecular weight is 823 g/mol. The summed E-state index contributed by atoms with van der Waals surface area (Å²) in [4.78, 5) is 23.7. The minimum Gasteiger partial charge on any atom is -0.494 e. The summed E-state index contributed by atoms with van der Waals surface area (Å²) < 4.78 is 72.2. The zero-order chi connectivity index (χ0) is 40.8. The second kappa shape index (κ2) is 18.5. The molecule has 21 heteroatoms. The number of carbonyl (C=O) groups excluding carboxylic acids is 2. The maximum atomic E-state index is 12.8. The molecule has 2 amide bonds. The van der Waals surface area contributed by atoms with Crippen LogP contribution in [-0.2, 0) is 25.0 Å². The largest absolute Gasteiger partial charge is 1.00 e. The van der Waals surface area contributed by atoms with Crippen LogP contribution in [0.3, 0.4) is 0 Å². The Bertz CT molecular complexity index is 2660. The van der Waals surface area contributed by atoms with Crippen LogP contribution in [0.2, 0.25) is 0 Å².